The van der Waals surface area contributed by atoms with Gasteiger partial charge in [-0.05, 0) is 54.0 Å². The second kappa shape index (κ2) is 11.9. The maximum atomic E-state index is 15.3. The van der Waals surface area contributed by atoms with Crippen LogP contribution in [-0.4, -0.2) is 44.1 Å². The van der Waals surface area contributed by atoms with E-state index in [2.05, 4.69) is 0 Å². The van der Waals surface area contributed by atoms with Crippen LogP contribution in [0.3, 0.4) is 0 Å². The Morgan fingerprint density at radius 1 is 0.816 bits per heavy atom. The van der Waals surface area contributed by atoms with Crippen molar-refractivity contribution in [2.45, 2.75) is 30.3 Å². The first kappa shape index (κ1) is 30.9. The highest BCUT2D eigenvalue weighted by Crippen LogP contribution is 2.63. The van der Waals surface area contributed by atoms with Crippen LogP contribution in [0.5, 0.6) is 5.75 Å². The number of ether oxygens (including phenoxy) is 1. The lowest BCUT2D eigenvalue weighted by atomic mass is 9.53. The van der Waals surface area contributed by atoms with E-state index in [9.17, 15) is 19.5 Å². The van der Waals surface area contributed by atoms with Gasteiger partial charge in [-0.25, -0.2) is 28.4 Å². The molecule has 1 aromatic heterocycles. The zero-order chi connectivity index (χ0) is 33.9. The molecule has 10 nitrogen and oxygen atoms in total. The van der Waals surface area contributed by atoms with E-state index in [0.717, 1.165) is 10.1 Å². The summed E-state index contributed by atoms with van der Waals surface area (Å²) in [6.45, 7) is -0.147. The number of rotatable bonds is 7. The zero-order valence-electron chi connectivity index (χ0n) is 26.2. The summed E-state index contributed by atoms with van der Waals surface area (Å²) >= 11 is 6.39. The predicted octanol–water partition coefficient (Wildman–Crippen LogP) is 4.62. The monoisotopic (exact) mass is 674 g/mol. The quantitative estimate of drug-likeness (QED) is 0.199. The molecule has 1 aliphatic carbocycles. The van der Waals surface area contributed by atoms with Crippen molar-refractivity contribution >= 4 is 29.1 Å². The number of fused-ring (bicyclic) bond motifs is 4. The number of aromatic nitrogens is 3. The lowest BCUT2D eigenvalue weighted by Crippen LogP contribution is -2.53. The van der Waals surface area contributed by atoms with Crippen LogP contribution >= 0.6 is 11.6 Å². The van der Waals surface area contributed by atoms with Gasteiger partial charge in [0.05, 0.1) is 41.9 Å². The number of halogens is 1. The molecule has 1 N–H and O–H groups in total. The number of nitrogens with zero attached hydrogens (tertiary/aromatic N) is 4. The van der Waals surface area contributed by atoms with Crippen LogP contribution in [0.4, 0.5) is 5.69 Å². The Morgan fingerprint density at radius 2 is 1.51 bits per heavy atom. The molecule has 0 radical (unpaired) electrons. The number of carbonyl (C=O) groups excluding carboxylic acids is 2. The van der Waals surface area contributed by atoms with Gasteiger partial charge < -0.3 is 9.84 Å². The molecule has 2 amide bonds. The molecule has 1 saturated heterocycles. The highest BCUT2D eigenvalue weighted by molar-refractivity contribution is 6.32. The van der Waals surface area contributed by atoms with Crippen LogP contribution in [-0.2, 0) is 21.5 Å². The standard InChI is InChI=1S/C38H31ClN4O6/c39-25-12-9-15-27(22-25)41-34(45)30-23-31-28(18-19-40-36(47)42(37(48)43(31)40)26-13-5-2-6-14-26)33(29-16-7-8-17-32(29)49-21-20-44)38(30,35(41)46)24-10-3-1-4-11-24/h1-18,22,30-31,33,44H,19-21,23H2. The Labute approximate surface area is 285 Å². The molecule has 49 heavy (non-hydrogen) atoms. The number of anilines is 1. The van der Waals surface area contributed by atoms with E-state index in [1.807, 2.05) is 48.5 Å². The zero-order valence-corrected chi connectivity index (χ0v) is 26.9. The smallest absolute Gasteiger partial charge is 0.352 e. The van der Waals surface area contributed by atoms with Gasteiger partial charge in [0.1, 0.15) is 12.4 Å². The lowest BCUT2D eigenvalue weighted by Gasteiger charge is -2.49. The number of imide groups is 1. The predicted molar refractivity (Wildman–Crippen MR) is 183 cm³/mol. The second-order valence-electron chi connectivity index (χ2n) is 12.4. The molecule has 11 heteroatoms. The van der Waals surface area contributed by atoms with Crippen molar-refractivity contribution in [1.82, 2.24) is 13.9 Å². The van der Waals surface area contributed by atoms with Crippen LogP contribution in [0.15, 0.2) is 130 Å². The number of allylic oxidation sites excluding steroid dienone is 2. The third-order valence-electron chi connectivity index (χ3n) is 10.0. The normalized spacial score (nSPS) is 22.7. The van der Waals surface area contributed by atoms with E-state index >= 15 is 4.79 Å². The summed E-state index contributed by atoms with van der Waals surface area (Å²) in [5.74, 6) is -2.16. The van der Waals surface area contributed by atoms with Gasteiger partial charge >= 0.3 is 11.4 Å². The van der Waals surface area contributed by atoms with Crippen LogP contribution in [0.1, 0.15) is 29.5 Å². The summed E-state index contributed by atoms with van der Waals surface area (Å²) in [5, 5.41) is 10.1. The highest BCUT2D eigenvalue weighted by atomic mass is 35.5. The van der Waals surface area contributed by atoms with Gasteiger partial charge in [-0.3, -0.25) is 9.59 Å². The fourth-order valence-electron chi connectivity index (χ4n) is 8.15. The SMILES string of the molecule is O=C1C2CC3C(=CCn4c(=O)n(-c5ccccc5)c(=O)n43)C(c3ccccc3OCCO)C2(c2ccccc2)C(=O)N1c1cccc(Cl)c1. The molecule has 2 aliphatic heterocycles. The minimum Gasteiger partial charge on any atom is -0.491 e. The van der Waals surface area contributed by atoms with Gasteiger partial charge in [-0.15, -0.1) is 0 Å². The maximum Gasteiger partial charge on any atom is 0.352 e. The minimum atomic E-state index is -1.46. The second-order valence-corrected chi connectivity index (χ2v) is 12.8. The largest absolute Gasteiger partial charge is 0.491 e. The van der Waals surface area contributed by atoms with E-state index in [4.69, 9.17) is 16.3 Å². The number of amides is 2. The number of hydrogen-bond acceptors (Lipinski definition) is 6. The Kier molecular flexibility index (Phi) is 7.50. The Bertz CT molecular complexity index is 2260. The maximum absolute atomic E-state index is 15.3. The summed E-state index contributed by atoms with van der Waals surface area (Å²) in [7, 11) is 0. The van der Waals surface area contributed by atoms with E-state index in [0.29, 0.717) is 33.3 Å². The number of aliphatic hydroxyl groups excluding tert-OH is 1. The molecular weight excluding hydrogens is 644 g/mol. The van der Waals surface area contributed by atoms with Crippen LogP contribution in [0, 0.1) is 5.92 Å². The molecule has 5 aromatic rings. The molecule has 0 bridgehead atoms. The number of hydrogen-bond donors (Lipinski definition) is 1. The van der Waals surface area contributed by atoms with Crippen LogP contribution < -0.4 is 21.0 Å². The number of carbonyl (C=O) groups is 2. The van der Waals surface area contributed by atoms with Gasteiger partial charge in [-0.2, -0.15) is 0 Å². The van der Waals surface area contributed by atoms with E-state index in [-0.39, 0.29) is 26.2 Å². The average Bonchev–Trinajstić information content (AvgIpc) is 3.52. The van der Waals surface area contributed by atoms with Gasteiger partial charge in [-0.1, -0.05) is 90.5 Å². The molecular formula is C38H31ClN4O6. The summed E-state index contributed by atoms with van der Waals surface area (Å²) in [6.07, 6.45) is 1.99. The Balaban J connectivity index is 1.42. The highest BCUT2D eigenvalue weighted by Gasteiger charge is 2.69. The molecule has 2 fully saturated rings. The third-order valence-corrected chi connectivity index (χ3v) is 10.3. The van der Waals surface area contributed by atoms with Crippen molar-refractivity contribution in [3.05, 3.63) is 158 Å². The van der Waals surface area contributed by atoms with Crippen LogP contribution in [0.2, 0.25) is 5.02 Å². The van der Waals surface area contributed by atoms with Crippen molar-refractivity contribution in [1.29, 1.82) is 0 Å². The summed E-state index contributed by atoms with van der Waals surface area (Å²) in [4.78, 5) is 59.5. The van der Waals surface area contributed by atoms with Crippen molar-refractivity contribution in [3.8, 4) is 11.4 Å². The number of para-hydroxylation sites is 2. The first-order valence-electron chi connectivity index (χ1n) is 16.1. The van der Waals surface area contributed by atoms with Gasteiger partial charge in [0.15, 0.2) is 0 Å². The fourth-order valence-corrected chi connectivity index (χ4v) is 8.34. The summed E-state index contributed by atoms with van der Waals surface area (Å²) in [5.41, 5.74) is 0.271. The van der Waals surface area contributed by atoms with E-state index in [1.54, 1.807) is 66.7 Å². The van der Waals surface area contributed by atoms with Gasteiger partial charge in [0.25, 0.3) is 0 Å². The molecule has 8 rings (SSSR count). The van der Waals surface area contributed by atoms with Crippen molar-refractivity contribution < 1.29 is 19.4 Å². The third kappa shape index (κ3) is 4.51. The Morgan fingerprint density at radius 3 is 2.24 bits per heavy atom. The van der Waals surface area contributed by atoms with E-state index < -0.39 is 46.5 Å². The summed E-state index contributed by atoms with van der Waals surface area (Å²) < 4.78 is 10.1. The van der Waals surface area contributed by atoms with Crippen molar-refractivity contribution in [2.75, 3.05) is 18.1 Å². The van der Waals surface area contributed by atoms with E-state index in [1.165, 1.54) is 14.3 Å². The van der Waals surface area contributed by atoms with Crippen LogP contribution in [0.25, 0.3) is 5.69 Å². The topological polar surface area (TPSA) is 116 Å². The molecule has 3 heterocycles. The fraction of sp³-hybridized carbons (Fsp3) is 0.211. The average molecular weight is 675 g/mol. The first-order valence-corrected chi connectivity index (χ1v) is 16.5. The molecule has 3 aliphatic rings. The molecule has 4 unspecified atom stereocenters. The minimum absolute atomic E-state index is 0.00835. The number of aliphatic hydroxyl groups is 1. The van der Waals surface area contributed by atoms with Crippen molar-refractivity contribution in [3.63, 3.8) is 0 Å². The van der Waals surface area contributed by atoms with Gasteiger partial charge in [0, 0.05) is 16.5 Å². The summed E-state index contributed by atoms with van der Waals surface area (Å²) in [6, 6.07) is 31.2. The molecule has 4 atom stereocenters. The number of benzene rings is 4. The first-order chi connectivity index (χ1) is 23.9. The molecule has 0 spiro atoms. The molecule has 1 saturated carbocycles. The Hall–Kier alpha value is -5.45. The van der Waals surface area contributed by atoms with Gasteiger partial charge in [0.2, 0.25) is 11.8 Å². The lowest BCUT2D eigenvalue weighted by molar-refractivity contribution is -0.124. The molecule has 4 aromatic carbocycles. The molecule has 246 valence electrons. The van der Waals surface area contributed by atoms with Crippen molar-refractivity contribution in [2.24, 2.45) is 5.92 Å².